The van der Waals surface area contributed by atoms with Gasteiger partial charge in [-0.15, -0.1) is 0 Å². The van der Waals surface area contributed by atoms with Crippen LogP contribution in [0.15, 0.2) is 0 Å². The predicted molar refractivity (Wildman–Crippen MR) is 56.0 cm³/mol. The zero-order chi connectivity index (χ0) is 11.0. The Hall–Kier alpha value is -0.570. The molecule has 0 aliphatic rings. The minimum Gasteiger partial charge on any atom is -0.466 e. The van der Waals surface area contributed by atoms with Crippen LogP contribution in [0, 0.1) is 0 Å². The van der Waals surface area contributed by atoms with Crippen molar-refractivity contribution >= 4 is 5.97 Å². The molecule has 3 heteroatoms. The lowest BCUT2D eigenvalue weighted by atomic mass is 9.90. The van der Waals surface area contributed by atoms with E-state index in [-0.39, 0.29) is 12.4 Å². The standard InChI is InChI=1S/C11H22O3/c1-4-7-8-11(13,5-2)9-10(12)14-6-3/h13H,4-9H2,1-3H3. The number of rotatable bonds is 7. The Labute approximate surface area is 86.5 Å². The number of esters is 1. The van der Waals surface area contributed by atoms with Crippen LogP contribution in [0.4, 0.5) is 0 Å². The highest BCUT2D eigenvalue weighted by molar-refractivity contribution is 5.70. The first-order chi connectivity index (χ1) is 6.58. The first kappa shape index (κ1) is 13.4. The van der Waals surface area contributed by atoms with E-state index in [4.69, 9.17) is 4.74 Å². The van der Waals surface area contributed by atoms with Gasteiger partial charge in [0.2, 0.25) is 0 Å². The van der Waals surface area contributed by atoms with Crippen LogP contribution in [0.2, 0.25) is 0 Å². The Morgan fingerprint density at radius 3 is 2.43 bits per heavy atom. The number of hydrogen-bond acceptors (Lipinski definition) is 3. The molecule has 0 fully saturated rings. The molecule has 3 nitrogen and oxygen atoms in total. The van der Waals surface area contributed by atoms with E-state index in [0.717, 1.165) is 12.8 Å². The van der Waals surface area contributed by atoms with Crippen LogP contribution in [-0.2, 0) is 9.53 Å². The number of aliphatic hydroxyl groups is 1. The summed E-state index contributed by atoms with van der Waals surface area (Å²) in [6, 6.07) is 0. The van der Waals surface area contributed by atoms with E-state index in [1.165, 1.54) is 0 Å². The van der Waals surface area contributed by atoms with Gasteiger partial charge >= 0.3 is 5.97 Å². The lowest BCUT2D eigenvalue weighted by Gasteiger charge is -2.25. The van der Waals surface area contributed by atoms with Crippen molar-refractivity contribution < 1.29 is 14.6 Å². The van der Waals surface area contributed by atoms with Crippen molar-refractivity contribution in [2.75, 3.05) is 6.61 Å². The molecule has 1 unspecified atom stereocenters. The summed E-state index contributed by atoms with van der Waals surface area (Å²) in [5.41, 5.74) is -0.859. The van der Waals surface area contributed by atoms with Crippen LogP contribution in [-0.4, -0.2) is 23.3 Å². The molecular formula is C11H22O3. The summed E-state index contributed by atoms with van der Waals surface area (Å²) in [6.07, 6.45) is 3.39. The second-order valence-corrected chi connectivity index (χ2v) is 3.66. The molecule has 0 heterocycles. The van der Waals surface area contributed by atoms with Crippen LogP contribution < -0.4 is 0 Å². The minimum atomic E-state index is -0.859. The number of hydrogen-bond donors (Lipinski definition) is 1. The highest BCUT2D eigenvalue weighted by Gasteiger charge is 2.27. The Morgan fingerprint density at radius 2 is 2.00 bits per heavy atom. The molecule has 1 atom stereocenters. The maximum absolute atomic E-state index is 11.2. The Kier molecular flexibility index (Phi) is 6.54. The van der Waals surface area contributed by atoms with Gasteiger partial charge in [0.15, 0.2) is 0 Å². The molecule has 0 saturated carbocycles. The molecule has 1 N–H and O–H groups in total. The Bertz CT molecular complexity index is 168. The van der Waals surface area contributed by atoms with Gasteiger partial charge in [0.25, 0.3) is 0 Å². The number of ether oxygens (including phenoxy) is 1. The summed E-state index contributed by atoms with van der Waals surface area (Å²) in [5.74, 6) is -0.298. The van der Waals surface area contributed by atoms with Crippen molar-refractivity contribution in [3.8, 4) is 0 Å². The molecule has 0 aromatic heterocycles. The lowest BCUT2D eigenvalue weighted by Crippen LogP contribution is -2.31. The summed E-state index contributed by atoms with van der Waals surface area (Å²) in [6.45, 7) is 6.12. The SMILES string of the molecule is CCCCC(O)(CC)CC(=O)OCC. The molecule has 0 amide bonds. The van der Waals surface area contributed by atoms with Crippen molar-refractivity contribution in [1.82, 2.24) is 0 Å². The van der Waals surface area contributed by atoms with E-state index >= 15 is 0 Å². The van der Waals surface area contributed by atoms with Crippen molar-refractivity contribution in [2.45, 2.75) is 58.5 Å². The molecule has 14 heavy (non-hydrogen) atoms. The first-order valence-electron chi connectivity index (χ1n) is 5.46. The van der Waals surface area contributed by atoms with E-state index in [9.17, 15) is 9.90 Å². The van der Waals surface area contributed by atoms with Crippen molar-refractivity contribution in [3.05, 3.63) is 0 Å². The second kappa shape index (κ2) is 6.82. The van der Waals surface area contributed by atoms with Gasteiger partial charge in [-0.2, -0.15) is 0 Å². The molecule has 84 valence electrons. The van der Waals surface area contributed by atoms with E-state index in [1.807, 2.05) is 6.92 Å². The molecule has 0 saturated heterocycles. The topological polar surface area (TPSA) is 46.5 Å². The zero-order valence-corrected chi connectivity index (χ0v) is 9.51. The molecule has 0 aromatic rings. The molecule has 0 bridgehead atoms. The molecule has 0 aromatic carbocycles. The van der Waals surface area contributed by atoms with Crippen molar-refractivity contribution in [2.24, 2.45) is 0 Å². The highest BCUT2D eigenvalue weighted by atomic mass is 16.5. The number of carbonyl (C=O) groups excluding carboxylic acids is 1. The smallest absolute Gasteiger partial charge is 0.308 e. The van der Waals surface area contributed by atoms with E-state index in [2.05, 4.69) is 6.92 Å². The maximum Gasteiger partial charge on any atom is 0.308 e. The third-order valence-corrected chi connectivity index (χ3v) is 2.43. The van der Waals surface area contributed by atoms with Crippen LogP contribution >= 0.6 is 0 Å². The summed E-state index contributed by atoms with van der Waals surface area (Å²) in [4.78, 5) is 11.2. The average molecular weight is 202 g/mol. The van der Waals surface area contributed by atoms with E-state index < -0.39 is 5.60 Å². The Morgan fingerprint density at radius 1 is 1.36 bits per heavy atom. The predicted octanol–water partition coefficient (Wildman–Crippen LogP) is 2.27. The second-order valence-electron chi connectivity index (χ2n) is 3.66. The fourth-order valence-electron chi connectivity index (χ4n) is 1.38. The van der Waals surface area contributed by atoms with E-state index in [0.29, 0.717) is 19.4 Å². The van der Waals surface area contributed by atoms with Gasteiger partial charge in [-0.3, -0.25) is 4.79 Å². The average Bonchev–Trinajstić information content (AvgIpc) is 2.15. The molecule has 0 radical (unpaired) electrons. The lowest BCUT2D eigenvalue weighted by molar-refractivity contribution is -0.149. The van der Waals surface area contributed by atoms with Gasteiger partial charge in [0, 0.05) is 0 Å². The number of carbonyl (C=O) groups is 1. The zero-order valence-electron chi connectivity index (χ0n) is 9.51. The first-order valence-corrected chi connectivity index (χ1v) is 5.46. The Balaban J connectivity index is 4.03. The van der Waals surface area contributed by atoms with Crippen molar-refractivity contribution in [3.63, 3.8) is 0 Å². The monoisotopic (exact) mass is 202 g/mol. The molecule has 0 aliphatic heterocycles. The van der Waals surface area contributed by atoms with Gasteiger partial charge in [0.05, 0.1) is 18.6 Å². The fourth-order valence-corrected chi connectivity index (χ4v) is 1.38. The summed E-state index contributed by atoms with van der Waals surface area (Å²) in [7, 11) is 0. The minimum absolute atomic E-state index is 0.122. The van der Waals surface area contributed by atoms with Gasteiger partial charge in [-0.25, -0.2) is 0 Å². The third-order valence-electron chi connectivity index (χ3n) is 2.43. The summed E-state index contributed by atoms with van der Waals surface area (Å²) >= 11 is 0. The fraction of sp³-hybridized carbons (Fsp3) is 0.909. The van der Waals surface area contributed by atoms with Gasteiger partial charge < -0.3 is 9.84 Å². The third kappa shape index (κ3) is 5.22. The molecule has 0 aliphatic carbocycles. The normalized spacial score (nSPS) is 14.9. The van der Waals surface area contributed by atoms with Crippen molar-refractivity contribution in [1.29, 1.82) is 0 Å². The van der Waals surface area contributed by atoms with Crippen LogP contribution in [0.5, 0.6) is 0 Å². The quantitative estimate of drug-likeness (QED) is 0.644. The van der Waals surface area contributed by atoms with E-state index in [1.54, 1.807) is 6.92 Å². The van der Waals surface area contributed by atoms with Gasteiger partial charge in [-0.05, 0) is 19.8 Å². The van der Waals surface area contributed by atoms with Crippen LogP contribution in [0.1, 0.15) is 52.9 Å². The molecule has 0 rings (SSSR count). The number of unbranched alkanes of at least 4 members (excludes halogenated alkanes) is 1. The van der Waals surface area contributed by atoms with Gasteiger partial charge in [0.1, 0.15) is 0 Å². The summed E-state index contributed by atoms with van der Waals surface area (Å²) < 4.78 is 4.82. The van der Waals surface area contributed by atoms with Gasteiger partial charge in [-0.1, -0.05) is 26.7 Å². The maximum atomic E-state index is 11.2. The van der Waals surface area contributed by atoms with Crippen LogP contribution in [0.3, 0.4) is 0 Å². The molecule has 0 spiro atoms. The largest absolute Gasteiger partial charge is 0.466 e. The molecular weight excluding hydrogens is 180 g/mol. The summed E-state index contributed by atoms with van der Waals surface area (Å²) in [5, 5.41) is 10.0. The van der Waals surface area contributed by atoms with Crippen LogP contribution in [0.25, 0.3) is 0 Å². The highest BCUT2D eigenvalue weighted by Crippen LogP contribution is 2.22.